The second-order valence-electron chi connectivity index (χ2n) is 2.03. The van der Waals surface area contributed by atoms with Crippen LogP contribution in [0.5, 0.6) is 0 Å². The third kappa shape index (κ3) is 1.18. The molecule has 1 saturated heterocycles. The lowest BCUT2D eigenvalue weighted by molar-refractivity contribution is 0.0516. The second kappa shape index (κ2) is 2.44. The minimum atomic E-state index is -0.354. The van der Waals surface area contributed by atoms with Gasteiger partial charge in [-0.3, -0.25) is 0 Å². The first-order valence-electron chi connectivity index (χ1n) is 2.73. The molecule has 0 aliphatic carbocycles. The van der Waals surface area contributed by atoms with Crippen molar-refractivity contribution in [3.05, 3.63) is 0 Å². The lowest BCUT2D eigenvalue weighted by Crippen LogP contribution is -2.10. The van der Waals surface area contributed by atoms with E-state index in [-0.39, 0.29) is 18.8 Å². The maximum Gasteiger partial charge on any atom is 0.0832 e. The van der Waals surface area contributed by atoms with Crippen molar-refractivity contribution in [2.24, 2.45) is 0 Å². The van der Waals surface area contributed by atoms with Gasteiger partial charge in [0.25, 0.3) is 0 Å². The molecule has 8 heavy (non-hydrogen) atoms. The van der Waals surface area contributed by atoms with Crippen molar-refractivity contribution in [3.8, 4) is 0 Å². The largest absolute Gasteiger partial charge is 0.394 e. The fourth-order valence-electron chi connectivity index (χ4n) is 0.814. The lowest BCUT2D eigenvalue weighted by atomic mass is 10.2. The van der Waals surface area contributed by atoms with E-state index in [4.69, 9.17) is 14.9 Å². The molecule has 1 fully saturated rings. The number of hydrogen-bond donors (Lipinski definition) is 2. The summed E-state index contributed by atoms with van der Waals surface area (Å²) >= 11 is 0. The van der Waals surface area contributed by atoms with Crippen LogP contribution in [0.25, 0.3) is 0 Å². The Morgan fingerprint density at radius 2 is 2.38 bits per heavy atom. The maximum absolute atomic E-state index is 8.79. The van der Waals surface area contributed by atoms with Gasteiger partial charge in [0.15, 0.2) is 0 Å². The Labute approximate surface area is 47.9 Å². The molecule has 1 aliphatic rings. The molecule has 3 heteroatoms. The number of aliphatic hydroxyl groups excluding tert-OH is 2. The standard InChI is InChI=1S/C5H10O3/c6-2-5-1-4(7)3-8-5/h4-7H,1-3H2/t4-,5?/m1/s1. The van der Waals surface area contributed by atoms with E-state index in [1.54, 1.807) is 0 Å². The summed E-state index contributed by atoms with van der Waals surface area (Å²) in [6.45, 7) is 0.405. The highest BCUT2D eigenvalue weighted by Crippen LogP contribution is 2.11. The van der Waals surface area contributed by atoms with Gasteiger partial charge in [-0.2, -0.15) is 0 Å². The van der Waals surface area contributed by atoms with Gasteiger partial charge in [0.2, 0.25) is 0 Å². The van der Waals surface area contributed by atoms with Crippen LogP contribution in [0.2, 0.25) is 0 Å². The number of aliphatic hydroxyl groups is 2. The molecule has 0 aromatic heterocycles. The van der Waals surface area contributed by atoms with Gasteiger partial charge in [0.05, 0.1) is 25.4 Å². The molecule has 1 heterocycles. The van der Waals surface area contributed by atoms with Crippen LogP contribution < -0.4 is 0 Å². The summed E-state index contributed by atoms with van der Waals surface area (Å²) in [6, 6.07) is 0. The first-order chi connectivity index (χ1) is 3.83. The Morgan fingerprint density at radius 3 is 2.62 bits per heavy atom. The fraction of sp³-hybridized carbons (Fsp3) is 1.00. The van der Waals surface area contributed by atoms with Crippen LogP contribution in [-0.4, -0.2) is 35.6 Å². The Kier molecular flexibility index (Phi) is 1.83. The van der Waals surface area contributed by atoms with Crippen LogP contribution in [0, 0.1) is 0 Å². The second-order valence-corrected chi connectivity index (χ2v) is 2.03. The van der Waals surface area contributed by atoms with Crippen LogP contribution in [0.15, 0.2) is 0 Å². The number of hydrogen-bond acceptors (Lipinski definition) is 3. The molecule has 0 amide bonds. The summed E-state index contributed by atoms with van der Waals surface area (Å²) < 4.78 is 4.91. The van der Waals surface area contributed by atoms with Crippen LogP contribution in [-0.2, 0) is 4.74 Å². The van der Waals surface area contributed by atoms with Crippen molar-refractivity contribution in [2.45, 2.75) is 18.6 Å². The molecule has 0 bridgehead atoms. The average molecular weight is 118 g/mol. The van der Waals surface area contributed by atoms with Crippen LogP contribution in [0.1, 0.15) is 6.42 Å². The van der Waals surface area contributed by atoms with E-state index in [0.29, 0.717) is 13.0 Å². The first-order valence-corrected chi connectivity index (χ1v) is 2.73. The summed E-state index contributed by atoms with van der Waals surface area (Å²) in [5.41, 5.74) is 0. The fourth-order valence-corrected chi connectivity index (χ4v) is 0.814. The average Bonchev–Trinajstić information content (AvgIpc) is 2.14. The van der Waals surface area contributed by atoms with Crippen molar-refractivity contribution in [3.63, 3.8) is 0 Å². The molecule has 0 spiro atoms. The van der Waals surface area contributed by atoms with Crippen molar-refractivity contribution in [2.75, 3.05) is 13.2 Å². The highest BCUT2D eigenvalue weighted by Gasteiger charge is 2.21. The Bertz CT molecular complexity index is 74.1. The summed E-state index contributed by atoms with van der Waals surface area (Å²) in [7, 11) is 0. The van der Waals surface area contributed by atoms with Gasteiger partial charge < -0.3 is 14.9 Å². The SMILES string of the molecule is OCC1C[C@@H](O)CO1. The van der Waals surface area contributed by atoms with Gasteiger partial charge in [-0.15, -0.1) is 0 Å². The molecule has 0 radical (unpaired) electrons. The summed E-state index contributed by atoms with van der Waals surface area (Å²) in [5, 5.41) is 17.2. The smallest absolute Gasteiger partial charge is 0.0832 e. The van der Waals surface area contributed by atoms with E-state index in [2.05, 4.69) is 0 Å². The normalized spacial score (nSPS) is 38.2. The third-order valence-corrected chi connectivity index (χ3v) is 1.26. The van der Waals surface area contributed by atoms with Gasteiger partial charge in [-0.05, 0) is 0 Å². The lowest BCUT2D eigenvalue weighted by Gasteiger charge is -2.00. The van der Waals surface area contributed by atoms with Crippen molar-refractivity contribution in [1.29, 1.82) is 0 Å². The Balaban J connectivity index is 2.22. The van der Waals surface area contributed by atoms with Crippen LogP contribution >= 0.6 is 0 Å². The molecule has 1 rings (SSSR count). The van der Waals surface area contributed by atoms with E-state index in [0.717, 1.165) is 0 Å². The molecular formula is C5H10O3. The zero-order valence-electron chi connectivity index (χ0n) is 4.58. The number of ether oxygens (including phenoxy) is 1. The Hall–Kier alpha value is -0.120. The van der Waals surface area contributed by atoms with Gasteiger partial charge in [0, 0.05) is 6.42 Å². The van der Waals surface area contributed by atoms with Gasteiger partial charge >= 0.3 is 0 Å². The molecular weight excluding hydrogens is 108 g/mol. The highest BCUT2D eigenvalue weighted by molar-refractivity contribution is 4.70. The third-order valence-electron chi connectivity index (χ3n) is 1.26. The van der Waals surface area contributed by atoms with Gasteiger partial charge in [-0.25, -0.2) is 0 Å². The molecule has 3 nitrogen and oxygen atoms in total. The minimum Gasteiger partial charge on any atom is -0.394 e. The molecule has 0 saturated carbocycles. The highest BCUT2D eigenvalue weighted by atomic mass is 16.5. The molecule has 1 aliphatic heterocycles. The molecule has 1 unspecified atom stereocenters. The number of rotatable bonds is 1. The van der Waals surface area contributed by atoms with Crippen LogP contribution in [0.3, 0.4) is 0 Å². The van der Waals surface area contributed by atoms with Gasteiger partial charge in [-0.1, -0.05) is 0 Å². The monoisotopic (exact) mass is 118 g/mol. The van der Waals surface area contributed by atoms with E-state index in [1.165, 1.54) is 0 Å². The zero-order valence-corrected chi connectivity index (χ0v) is 4.58. The van der Waals surface area contributed by atoms with E-state index in [1.807, 2.05) is 0 Å². The van der Waals surface area contributed by atoms with E-state index >= 15 is 0 Å². The van der Waals surface area contributed by atoms with Gasteiger partial charge in [0.1, 0.15) is 0 Å². The van der Waals surface area contributed by atoms with Crippen molar-refractivity contribution in [1.82, 2.24) is 0 Å². The molecule has 0 aromatic carbocycles. The van der Waals surface area contributed by atoms with Crippen LogP contribution in [0.4, 0.5) is 0 Å². The topological polar surface area (TPSA) is 49.7 Å². The predicted molar refractivity (Wildman–Crippen MR) is 27.4 cm³/mol. The maximum atomic E-state index is 8.79. The summed E-state index contributed by atoms with van der Waals surface area (Å²) in [6.07, 6.45) is 0.105. The zero-order chi connectivity index (χ0) is 5.98. The predicted octanol–water partition coefficient (Wildman–Crippen LogP) is -0.872. The first kappa shape index (κ1) is 6.01. The molecule has 2 N–H and O–H groups in total. The van der Waals surface area contributed by atoms with Crippen molar-refractivity contribution < 1.29 is 14.9 Å². The van der Waals surface area contributed by atoms with Crippen molar-refractivity contribution >= 4 is 0 Å². The molecule has 0 aromatic rings. The molecule has 2 atom stereocenters. The molecule has 48 valence electrons. The summed E-state index contributed by atoms with van der Waals surface area (Å²) in [4.78, 5) is 0. The summed E-state index contributed by atoms with van der Waals surface area (Å²) in [5.74, 6) is 0. The Morgan fingerprint density at radius 1 is 1.62 bits per heavy atom. The van der Waals surface area contributed by atoms with E-state index in [9.17, 15) is 0 Å². The van der Waals surface area contributed by atoms with E-state index < -0.39 is 0 Å². The quantitative estimate of drug-likeness (QED) is 0.470. The minimum absolute atomic E-state index is 0.0249.